The first-order valence-corrected chi connectivity index (χ1v) is 11.2. The summed E-state index contributed by atoms with van der Waals surface area (Å²) in [7, 11) is 1.79. The summed E-state index contributed by atoms with van der Waals surface area (Å²) in [5, 5.41) is 9.96. The number of nitrogens with one attached hydrogen (secondary N) is 3. The molecule has 1 aliphatic rings. The normalized spacial score (nSPS) is 19.2. The van der Waals surface area contributed by atoms with Gasteiger partial charge in [-0.3, -0.25) is 4.99 Å². The van der Waals surface area contributed by atoms with Crippen LogP contribution in [0.2, 0.25) is 0 Å². The summed E-state index contributed by atoms with van der Waals surface area (Å²) < 4.78 is 5.46. The van der Waals surface area contributed by atoms with Gasteiger partial charge in [-0.2, -0.15) is 0 Å². The van der Waals surface area contributed by atoms with Crippen LogP contribution in [0.15, 0.2) is 4.99 Å². The Bertz CT molecular complexity index is 524. The quantitative estimate of drug-likeness (QED) is 0.422. The second-order valence-corrected chi connectivity index (χ2v) is 9.52. The lowest BCUT2D eigenvalue weighted by molar-refractivity contribution is 0.0448. The standard InChI is InChI=1S/C22H45N5O2/c1-9-22(10-2,26-20(28)29-21(5,6)7)16-25-19(23-8)24-14-18-12-11-13-27(15-18)17(3)4/h17-18H,9-16H2,1-8H3,(H,26,28)(H2,23,24,25). The monoisotopic (exact) mass is 411 g/mol. The van der Waals surface area contributed by atoms with Gasteiger partial charge in [-0.05, 0) is 72.8 Å². The molecule has 0 saturated carbocycles. The molecule has 0 aromatic carbocycles. The number of guanidine groups is 1. The van der Waals surface area contributed by atoms with Crippen molar-refractivity contribution in [2.24, 2.45) is 10.9 Å². The molecular weight excluding hydrogens is 366 g/mol. The van der Waals surface area contributed by atoms with Crippen LogP contribution in [0.3, 0.4) is 0 Å². The first-order valence-electron chi connectivity index (χ1n) is 11.2. The van der Waals surface area contributed by atoms with Crippen LogP contribution in [0.5, 0.6) is 0 Å². The number of hydrogen-bond donors (Lipinski definition) is 3. The summed E-state index contributed by atoms with van der Waals surface area (Å²) in [5.74, 6) is 1.41. The van der Waals surface area contributed by atoms with Crippen molar-refractivity contribution in [3.63, 3.8) is 0 Å². The number of carbonyl (C=O) groups excluding carboxylic acids is 1. The number of nitrogens with zero attached hydrogens (tertiary/aromatic N) is 2. The minimum Gasteiger partial charge on any atom is -0.444 e. The van der Waals surface area contributed by atoms with E-state index in [-0.39, 0.29) is 11.6 Å². The molecule has 3 N–H and O–H groups in total. The van der Waals surface area contributed by atoms with E-state index in [1.807, 2.05) is 20.8 Å². The molecule has 170 valence electrons. The van der Waals surface area contributed by atoms with Crippen molar-refractivity contribution < 1.29 is 9.53 Å². The Labute approximate surface area is 178 Å². The van der Waals surface area contributed by atoms with E-state index >= 15 is 0 Å². The van der Waals surface area contributed by atoms with Gasteiger partial charge in [0.1, 0.15) is 5.60 Å². The molecule has 0 spiro atoms. The summed E-state index contributed by atoms with van der Waals surface area (Å²) in [4.78, 5) is 19.2. The van der Waals surface area contributed by atoms with Gasteiger partial charge in [-0.1, -0.05) is 13.8 Å². The number of likely N-dealkylation sites (tertiary alicyclic amines) is 1. The minimum atomic E-state index is -0.508. The molecule has 1 fully saturated rings. The first-order chi connectivity index (χ1) is 13.5. The van der Waals surface area contributed by atoms with E-state index in [4.69, 9.17) is 4.74 Å². The number of hydrogen-bond acceptors (Lipinski definition) is 4. The van der Waals surface area contributed by atoms with Crippen LogP contribution < -0.4 is 16.0 Å². The molecule has 0 aromatic heterocycles. The lowest BCUT2D eigenvalue weighted by Gasteiger charge is -2.36. The van der Waals surface area contributed by atoms with Gasteiger partial charge in [0.25, 0.3) is 0 Å². The molecule has 1 amide bonds. The summed E-state index contributed by atoms with van der Waals surface area (Å²) >= 11 is 0. The molecule has 0 aromatic rings. The van der Waals surface area contributed by atoms with Gasteiger partial charge in [0.15, 0.2) is 5.96 Å². The van der Waals surface area contributed by atoms with Gasteiger partial charge >= 0.3 is 6.09 Å². The number of aliphatic imine (C=N–C) groups is 1. The molecule has 7 heteroatoms. The zero-order valence-electron chi connectivity index (χ0n) is 20.0. The highest BCUT2D eigenvalue weighted by atomic mass is 16.6. The fourth-order valence-corrected chi connectivity index (χ4v) is 3.69. The fourth-order valence-electron chi connectivity index (χ4n) is 3.69. The predicted molar refractivity (Wildman–Crippen MR) is 121 cm³/mol. The van der Waals surface area contributed by atoms with Gasteiger partial charge in [0.2, 0.25) is 0 Å². The highest BCUT2D eigenvalue weighted by Gasteiger charge is 2.31. The summed E-state index contributed by atoms with van der Waals surface area (Å²) in [6.07, 6.45) is 3.74. The van der Waals surface area contributed by atoms with E-state index in [1.54, 1.807) is 7.05 Å². The molecule has 1 heterocycles. The predicted octanol–water partition coefficient (Wildman–Crippen LogP) is 3.36. The van der Waals surface area contributed by atoms with Crippen molar-refractivity contribution in [1.82, 2.24) is 20.9 Å². The lowest BCUT2D eigenvalue weighted by Crippen LogP contribution is -2.57. The van der Waals surface area contributed by atoms with Crippen molar-refractivity contribution in [3.8, 4) is 0 Å². The van der Waals surface area contributed by atoms with Crippen molar-refractivity contribution in [2.45, 2.75) is 91.3 Å². The number of carbonyl (C=O) groups is 1. The number of alkyl carbamates (subject to hydrolysis) is 1. The van der Waals surface area contributed by atoms with E-state index in [2.05, 4.69) is 53.5 Å². The Morgan fingerprint density at radius 3 is 2.38 bits per heavy atom. The number of amides is 1. The molecule has 29 heavy (non-hydrogen) atoms. The third-order valence-corrected chi connectivity index (χ3v) is 5.78. The Hall–Kier alpha value is -1.50. The van der Waals surface area contributed by atoms with Gasteiger partial charge in [-0.15, -0.1) is 0 Å². The zero-order chi connectivity index (χ0) is 22.1. The van der Waals surface area contributed by atoms with E-state index in [0.717, 1.165) is 31.9 Å². The second-order valence-electron chi connectivity index (χ2n) is 9.52. The smallest absolute Gasteiger partial charge is 0.408 e. The summed E-state index contributed by atoms with van der Waals surface area (Å²) in [6.45, 7) is 18.2. The maximum Gasteiger partial charge on any atom is 0.408 e. The minimum absolute atomic E-state index is 0.373. The van der Waals surface area contributed by atoms with E-state index in [9.17, 15) is 4.79 Å². The molecule has 0 radical (unpaired) electrons. The van der Waals surface area contributed by atoms with E-state index in [1.165, 1.54) is 19.4 Å². The van der Waals surface area contributed by atoms with Gasteiger partial charge in [0.05, 0.1) is 5.54 Å². The summed E-state index contributed by atoms with van der Waals surface area (Å²) in [5.41, 5.74) is -0.884. The third-order valence-electron chi connectivity index (χ3n) is 5.78. The Kier molecular flexibility index (Phi) is 10.2. The SMILES string of the molecule is CCC(CC)(CNC(=NC)NCC1CCCN(C(C)C)C1)NC(=O)OC(C)(C)C. The number of rotatable bonds is 8. The fraction of sp³-hybridized carbons (Fsp3) is 0.909. The molecule has 1 rings (SSSR count). The maximum atomic E-state index is 12.3. The first kappa shape index (κ1) is 25.5. The maximum absolute atomic E-state index is 12.3. The molecule has 0 bridgehead atoms. The van der Waals surface area contributed by atoms with Crippen LogP contribution in [-0.2, 0) is 4.74 Å². The van der Waals surface area contributed by atoms with Crippen LogP contribution in [0, 0.1) is 5.92 Å². The van der Waals surface area contributed by atoms with Gasteiger partial charge in [-0.25, -0.2) is 4.79 Å². The molecule has 1 atom stereocenters. The summed E-state index contributed by atoms with van der Waals surface area (Å²) in [6, 6.07) is 0.601. The largest absolute Gasteiger partial charge is 0.444 e. The van der Waals surface area contributed by atoms with Gasteiger partial charge < -0.3 is 25.6 Å². The molecule has 1 unspecified atom stereocenters. The highest BCUT2D eigenvalue weighted by Crippen LogP contribution is 2.18. The average Bonchev–Trinajstić information content (AvgIpc) is 2.65. The second kappa shape index (κ2) is 11.6. The van der Waals surface area contributed by atoms with Crippen LogP contribution in [0.4, 0.5) is 4.79 Å². The molecule has 0 aliphatic carbocycles. The third kappa shape index (κ3) is 9.24. The Balaban J connectivity index is 2.57. The van der Waals surface area contributed by atoms with Crippen molar-refractivity contribution in [2.75, 3.05) is 33.2 Å². The topological polar surface area (TPSA) is 78.0 Å². The average molecular weight is 412 g/mol. The van der Waals surface area contributed by atoms with E-state index < -0.39 is 5.60 Å². The van der Waals surface area contributed by atoms with Crippen LogP contribution >= 0.6 is 0 Å². The zero-order valence-corrected chi connectivity index (χ0v) is 20.0. The van der Waals surface area contributed by atoms with Crippen molar-refractivity contribution in [1.29, 1.82) is 0 Å². The number of ether oxygens (including phenoxy) is 1. The van der Waals surface area contributed by atoms with Crippen molar-refractivity contribution >= 4 is 12.1 Å². The lowest BCUT2D eigenvalue weighted by atomic mass is 9.93. The highest BCUT2D eigenvalue weighted by molar-refractivity contribution is 5.79. The van der Waals surface area contributed by atoms with Gasteiger partial charge in [0, 0.05) is 32.7 Å². The molecule has 1 aliphatic heterocycles. The van der Waals surface area contributed by atoms with Crippen LogP contribution in [0.25, 0.3) is 0 Å². The van der Waals surface area contributed by atoms with Crippen LogP contribution in [-0.4, -0.2) is 67.4 Å². The number of piperidine rings is 1. The van der Waals surface area contributed by atoms with Crippen molar-refractivity contribution in [3.05, 3.63) is 0 Å². The molecular formula is C22H45N5O2. The molecule has 1 saturated heterocycles. The Morgan fingerprint density at radius 2 is 1.86 bits per heavy atom. The van der Waals surface area contributed by atoms with E-state index in [0.29, 0.717) is 18.5 Å². The Morgan fingerprint density at radius 1 is 1.21 bits per heavy atom. The van der Waals surface area contributed by atoms with Crippen LogP contribution in [0.1, 0.15) is 74.1 Å². The molecule has 7 nitrogen and oxygen atoms in total.